The number of hydrogen-bond acceptors (Lipinski definition) is 10. The molecule has 0 radical (unpaired) electrons. The van der Waals surface area contributed by atoms with Crippen molar-refractivity contribution in [3.05, 3.63) is 93.5 Å². The van der Waals surface area contributed by atoms with Gasteiger partial charge in [-0.25, -0.2) is 4.67 Å². The average molecular weight is 852 g/mol. The molecule has 324 valence electrons. The number of rotatable bonds is 12. The van der Waals surface area contributed by atoms with E-state index in [-0.39, 0.29) is 33.6 Å². The van der Waals surface area contributed by atoms with Gasteiger partial charge in [-0.05, 0) is 51.2 Å². The summed E-state index contributed by atoms with van der Waals surface area (Å²) in [7, 11) is -0.538. The van der Waals surface area contributed by atoms with E-state index in [9.17, 15) is 9.59 Å². The van der Waals surface area contributed by atoms with E-state index in [1.807, 2.05) is 18.2 Å². The number of carbonyl (C=O) groups is 2. The van der Waals surface area contributed by atoms with Gasteiger partial charge in [0.25, 0.3) is 0 Å². The average Bonchev–Trinajstić information content (AvgIpc) is 3.47. The van der Waals surface area contributed by atoms with E-state index in [0.717, 1.165) is 50.4 Å². The molecule has 1 unspecified atom stereocenters. The van der Waals surface area contributed by atoms with Crippen LogP contribution >= 0.6 is 17.1 Å². The molecule has 2 saturated heterocycles. The van der Waals surface area contributed by atoms with Crippen LogP contribution in [0.25, 0.3) is 0 Å². The minimum absolute atomic E-state index is 0.231. The normalized spacial score (nSPS) is 20.4. The Labute approximate surface area is 355 Å². The Morgan fingerprint density at radius 1 is 0.593 bits per heavy atom. The van der Waals surface area contributed by atoms with Gasteiger partial charge in [-0.15, -0.1) is 0 Å². The molecule has 2 fully saturated rings. The minimum atomic E-state index is -1.77. The number of carbonyl (C=O) groups excluding carboxylic acids is 2. The Morgan fingerprint density at radius 3 is 1.37 bits per heavy atom. The molecule has 3 aromatic carbocycles. The fourth-order valence-electron chi connectivity index (χ4n) is 7.20. The van der Waals surface area contributed by atoms with E-state index in [0.29, 0.717) is 52.0 Å². The number of ether oxygens (including phenoxy) is 2. The molecular weight excluding hydrogens is 784 g/mol. The summed E-state index contributed by atoms with van der Waals surface area (Å²) in [5.74, 6) is 1.12. The second-order valence-corrected chi connectivity index (χ2v) is 22.5. The Kier molecular flexibility index (Phi) is 14.7. The van der Waals surface area contributed by atoms with E-state index in [4.69, 9.17) is 32.1 Å². The van der Waals surface area contributed by atoms with Crippen LogP contribution in [0.15, 0.2) is 54.6 Å². The lowest BCUT2D eigenvalue weighted by molar-refractivity contribution is -0.141. The van der Waals surface area contributed by atoms with Gasteiger partial charge >= 0.3 is 29.1 Å². The summed E-state index contributed by atoms with van der Waals surface area (Å²) >= 11 is 0. The van der Waals surface area contributed by atoms with Crippen LogP contribution < -0.4 is 9.05 Å². The maximum atomic E-state index is 12.2. The number of methoxy groups -OCH3 is 2. The number of nitrogens with zero attached hydrogens (tertiary/aromatic N) is 1. The lowest BCUT2D eigenvalue weighted by atomic mass is 9.78. The second-order valence-electron chi connectivity index (χ2n) is 19.9. The summed E-state index contributed by atoms with van der Waals surface area (Å²) in [5, 5.41) is 0. The quantitative estimate of drug-likeness (QED) is 0.129. The molecule has 2 aliphatic heterocycles. The highest BCUT2D eigenvalue weighted by Crippen LogP contribution is 2.60. The van der Waals surface area contributed by atoms with Gasteiger partial charge in [-0.1, -0.05) is 138 Å². The molecule has 0 bridgehead atoms. The van der Waals surface area contributed by atoms with Crippen molar-refractivity contribution in [1.29, 1.82) is 0 Å². The van der Waals surface area contributed by atoms with Crippen molar-refractivity contribution in [2.75, 3.05) is 34.0 Å². The van der Waals surface area contributed by atoms with Crippen molar-refractivity contribution in [1.82, 2.24) is 4.67 Å². The largest absolute Gasteiger partial charge is 0.469 e. The molecule has 0 aliphatic carbocycles. The highest BCUT2D eigenvalue weighted by atomic mass is 31.2. The van der Waals surface area contributed by atoms with Crippen molar-refractivity contribution in [3.8, 4) is 11.5 Å². The number of aryl methyl sites for hydroxylation is 2. The minimum Gasteiger partial charge on any atom is -0.469 e. The molecule has 59 heavy (non-hydrogen) atoms. The first-order valence-electron chi connectivity index (χ1n) is 20.6. The van der Waals surface area contributed by atoms with Gasteiger partial charge in [0.1, 0.15) is 17.0 Å². The van der Waals surface area contributed by atoms with Crippen molar-refractivity contribution >= 4 is 29.1 Å². The molecule has 12 heteroatoms. The summed E-state index contributed by atoms with van der Waals surface area (Å²) in [4.78, 5) is 24.2. The highest BCUT2D eigenvalue weighted by molar-refractivity contribution is 7.45. The van der Waals surface area contributed by atoms with Crippen LogP contribution in [0.1, 0.15) is 135 Å². The van der Waals surface area contributed by atoms with Crippen LogP contribution in [0, 0.1) is 0 Å². The molecular formula is C47H67NO9P2. The van der Waals surface area contributed by atoms with Crippen LogP contribution in [-0.2, 0) is 73.7 Å². The van der Waals surface area contributed by atoms with Crippen LogP contribution in [0.2, 0.25) is 0 Å². The molecule has 3 aromatic rings. The fourth-order valence-corrected chi connectivity index (χ4v) is 10.2. The molecule has 5 rings (SSSR count). The molecule has 0 saturated carbocycles. The SMILES string of the molecule is COC(=O)CCc1cc(C(C)(C)C)c(OP2OCC3(CO2)COP(Oc2c(C(C)(C)C)cc(CCC(=O)OC)cc2C(C)(C)C)N3Cc2ccccc2)c(C(C)(C)C)c1. The summed E-state index contributed by atoms with van der Waals surface area (Å²) in [5.41, 5.74) is 5.74. The third-order valence-electron chi connectivity index (χ3n) is 10.8. The molecule has 2 heterocycles. The van der Waals surface area contributed by atoms with Gasteiger partial charge in [0, 0.05) is 41.6 Å². The Morgan fingerprint density at radius 2 is 0.983 bits per heavy atom. The Hall–Kier alpha value is -3.10. The Balaban J connectivity index is 1.48. The first-order chi connectivity index (χ1) is 27.4. The number of hydrogen-bond donors (Lipinski definition) is 0. The summed E-state index contributed by atoms with van der Waals surface area (Å²) in [6, 6.07) is 19.0. The predicted molar refractivity (Wildman–Crippen MR) is 236 cm³/mol. The summed E-state index contributed by atoms with van der Waals surface area (Å²) < 4.78 is 46.2. The monoisotopic (exact) mass is 851 g/mol. The van der Waals surface area contributed by atoms with Crippen LogP contribution in [-0.4, -0.2) is 56.2 Å². The molecule has 0 aromatic heterocycles. The van der Waals surface area contributed by atoms with Gasteiger partial charge in [0.15, 0.2) is 0 Å². The highest BCUT2D eigenvalue weighted by Gasteiger charge is 2.54. The third kappa shape index (κ3) is 11.6. The topological polar surface area (TPSA) is 102 Å². The van der Waals surface area contributed by atoms with E-state index in [2.05, 4.69) is 124 Å². The van der Waals surface area contributed by atoms with E-state index in [1.165, 1.54) is 14.2 Å². The first-order valence-corrected chi connectivity index (χ1v) is 22.8. The lowest BCUT2D eigenvalue weighted by Crippen LogP contribution is -2.53. The van der Waals surface area contributed by atoms with Crippen molar-refractivity contribution in [3.63, 3.8) is 0 Å². The zero-order valence-electron chi connectivity index (χ0n) is 37.9. The van der Waals surface area contributed by atoms with Crippen LogP contribution in [0.5, 0.6) is 11.5 Å². The molecule has 2 aliphatic rings. The second kappa shape index (κ2) is 18.5. The first kappa shape index (κ1) is 47.0. The van der Waals surface area contributed by atoms with Gasteiger partial charge in [0.2, 0.25) is 0 Å². The van der Waals surface area contributed by atoms with E-state index < -0.39 is 22.7 Å². The number of benzene rings is 3. The zero-order chi connectivity index (χ0) is 43.6. The van der Waals surface area contributed by atoms with Gasteiger partial charge in [-0.3, -0.25) is 9.59 Å². The molecule has 0 N–H and O–H groups in total. The zero-order valence-corrected chi connectivity index (χ0v) is 39.7. The Bertz CT molecular complexity index is 1860. The summed E-state index contributed by atoms with van der Waals surface area (Å²) in [6.07, 6.45) is 1.74. The summed E-state index contributed by atoms with van der Waals surface area (Å²) in [6.45, 7) is 27.7. The molecule has 10 nitrogen and oxygen atoms in total. The maximum absolute atomic E-state index is 12.2. The van der Waals surface area contributed by atoms with Crippen molar-refractivity contribution in [2.24, 2.45) is 0 Å². The fraction of sp³-hybridized carbons (Fsp3) is 0.574. The maximum Gasteiger partial charge on any atom is 0.397 e. The van der Waals surface area contributed by atoms with Gasteiger partial charge in [-0.2, -0.15) is 0 Å². The van der Waals surface area contributed by atoms with Gasteiger partial charge < -0.3 is 32.1 Å². The van der Waals surface area contributed by atoms with E-state index >= 15 is 0 Å². The van der Waals surface area contributed by atoms with Crippen LogP contribution in [0.3, 0.4) is 0 Å². The molecule has 1 atom stereocenters. The standard InChI is InChI=1S/C47H67NO9P2/c1-43(2,3)35-24-33(20-22-39(49)51-13)25-36(44(4,5)6)41(35)56-58-48(28-32-18-16-15-17-19-32)47(29-53-58)30-54-59(55-31-47)57-42-37(45(7,8)9)26-34(21-23-40(50)52-14)27-38(42)46(10,11)12/h15-19,24-27H,20-23,28-31H2,1-14H3. The third-order valence-corrected chi connectivity index (χ3v) is 13.5. The van der Waals surface area contributed by atoms with E-state index in [1.54, 1.807) is 0 Å². The van der Waals surface area contributed by atoms with Crippen molar-refractivity contribution in [2.45, 2.75) is 143 Å². The van der Waals surface area contributed by atoms with Gasteiger partial charge in [0.05, 0.1) is 34.0 Å². The predicted octanol–water partition coefficient (Wildman–Crippen LogP) is 11.3. The van der Waals surface area contributed by atoms with Crippen molar-refractivity contribution < 1.29 is 41.7 Å². The molecule has 1 spiro atoms. The number of esters is 2. The molecule has 0 amide bonds. The van der Waals surface area contributed by atoms with Crippen LogP contribution in [0.4, 0.5) is 0 Å². The smallest absolute Gasteiger partial charge is 0.397 e. The lowest BCUT2D eigenvalue weighted by Gasteiger charge is -2.41.